The second-order valence-corrected chi connectivity index (χ2v) is 5.77. The molecule has 1 atom stereocenters. The topological polar surface area (TPSA) is 26.0 Å². The van der Waals surface area contributed by atoms with Crippen molar-refractivity contribution in [2.45, 2.75) is 82.5 Å². The molecule has 0 amide bonds. The zero-order valence-electron chi connectivity index (χ0n) is 10.7. The van der Waals surface area contributed by atoms with E-state index in [1.54, 1.807) is 0 Å². The van der Waals surface area contributed by atoms with Gasteiger partial charge in [-0.05, 0) is 11.4 Å². The molecule has 1 nitrogen and oxygen atoms in total. The molecule has 0 aromatic heterocycles. The van der Waals surface area contributed by atoms with E-state index in [0.29, 0.717) is 11.4 Å². The fraction of sp³-hybridized carbons (Fsp3) is 1.00. The number of nitrogens with two attached hydrogens (primary N) is 1. The smallest absolute Gasteiger partial charge is 0.111 e. The normalized spacial score (nSPS) is 26.5. The van der Waals surface area contributed by atoms with Crippen LogP contribution >= 0.6 is 0 Å². The Kier molecular flexibility index (Phi) is 5.74. The van der Waals surface area contributed by atoms with Crippen molar-refractivity contribution in [2.24, 2.45) is 5.73 Å². The summed E-state index contributed by atoms with van der Waals surface area (Å²) in [5, 5.41) is 0.407. The van der Waals surface area contributed by atoms with Crippen molar-refractivity contribution in [3.05, 3.63) is 0 Å². The first-order valence-corrected chi connectivity index (χ1v) is 6.91. The molecule has 0 bridgehead atoms. The van der Waals surface area contributed by atoms with Crippen LogP contribution in [0.4, 0.5) is 0 Å². The van der Waals surface area contributed by atoms with Gasteiger partial charge >= 0.3 is 0 Å². The van der Waals surface area contributed by atoms with Crippen LogP contribution in [-0.2, 0) is 0 Å². The van der Waals surface area contributed by atoms with Crippen LogP contribution in [0.15, 0.2) is 0 Å². The summed E-state index contributed by atoms with van der Waals surface area (Å²) in [5.41, 5.74) is 6.15. The Labute approximate surface area is 96.6 Å². The van der Waals surface area contributed by atoms with Crippen LogP contribution < -0.4 is 5.73 Å². The fourth-order valence-electron chi connectivity index (χ4n) is 2.70. The molecule has 15 heavy (non-hydrogen) atoms. The van der Waals surface area contributed by atoms with E-state index in [0.717, 1.165) is 0 Å². The minimum absolute atomic E-state index is 0.359. The molecule has 1 saturated carbocycles. The summed E-state index contributed by atoms with van der Waals surface area (Å²) in [6.45, 7) is 2.19. The Balaban J connectivity index is 2.45. The van der Waals surface area contributed by atoms with Crippen LogP contribution in [-0.4, -0.2) is 13.9 Å². The molecule has 1 fully saturated rings. The lowest BCUT2D eigenvalue weighted by Crippen LogP contribution is -2.34. The lowest BCUT2D eigenvalue weighted by Gasteiger charge is -2.34. The predicted molar refractivity (Wildman–Crippen MR) is 71.1 cm³/mol. The second-order valence-electron chi connectivity index (χ2n) is 5.77. The van der Waals surface area contributed by atoms with Crippen LogP contribution in [0.5, 0.6) is 0 Å². The summed E-state index contributed by atoms with van der Waals surface area (Å²) in [5.74, 6) is 0. The standard InChI is InChI=1S/C13H28BN/c1-12(15)13(14)10-8-6-4-2-3-5-7-9-11-13/h12H,2-11,14-15H2,1H3. The van der Waals surface area contributed by atoms with E-state index >= 15 is 0 Å². The van der Waals surface area contributed by atoms with Crippen molar-refractivity contribution in [2.75, 3.05) is 0 Å². The van der Waals surface area contributed by atoms with E-state index in [4.69, 9.17) is 5.73 Å². The molecular weight excluding hydrogens is 181 g/mol. The van der Waals surface area contributed by atoms with Crippen molar-refractivity contribution in [1.82, 2.24) is 0 Å². The van der Waals surface area contributed by atoms with Crippen LogP contribution in [0.2, 0.25) is 5.31 Å². The van der Waals surface area contributed by atoms with Gasteiger partial charge in [0.15, 0.2) is 0 Å². The lowest BCUT2D eigenvalue weighted by atomic mass is 9.59. The molecule has 2 heteroatoms. The highest BCUT2D eigenvalue weighted by Gasteiger charge is 2.27. The third-order valence-electron chi connectivity index (χ3n) is 4.35. The van der Waals surface area contributed by atoms with E-state index in [1.165, 1.54) is 64.2 Å². The Morgan fingerprint density at radius 1 is 0.867 bits per heavy atom. The van der Waals surface area contributed by atoms with Gasteiger partial charge < -0.3 is 5.73 Å². The number of hydrogen-bond donors (Lipinski definition) is 1. The first-order chi connectivity index (χ1) is 7.15. The third kappa shape index (κ3) is 4.59. The molecule has 1 unspecified atom stereocenters. The van der Waals surface area contributed by atoms with Crippen LogP contribution in [0, 0.1) is 0 Å². The van der Waals surface area contributed by atoms with Gasteiger partial charge in [-0.2, -0.15) is 0 Å². The van der Waals surface area contributed by atoms with Gasteiger partial charge in [-0.15, -0.1) is 0 Å². The molecule has 1 aliphatic rings. The first-order valence-electron chi connectivity index (χ1n) is 6.91. The molecular formula is C13H28BN. The quantitative estimate of drug-likeness (QED) is 0.660. The van der Waals surface area contributed by atoms with Crippen molar-refractivity contribution in [3.63, 3.8) is 0 Å². The number of hydrogen-bond acceptors (Lipinski definition) is 1. The van der Waals surface area contributed by atoms with Gasteiger partial charge in [0.1, 0.15) is 7.85 Å². The highest BCUT2D eigenvalue weighted by molar-refractivity contribution is 6.15. The van der Waals surface area contributed by atoms with E-state index in [9.17, 15) is 0 Å². The van der Waals surface area contributed by atoms with E-state index in [1.807, 2.05) is 0 Å². The van der Waals surface area contributed by atoms with Gasteiger partial charge in [-0.25, -0.2) is 0 Å². The van der Waals surface area contributed by atoms with Crippen molar-refractivity contribution in [3.8, 4) is 0 Å². The van der Waals surface area contributed by atoms with Gasteiger partial charge in [-0.3, -0.25) is 0 Å². The van der Waals surface area contributed by atoms with Gasteiger partial charge in [0.25, 0.3) is 0 Å². The molecule has 0 heterocycles. The first kappa shape index (κ1) is 13.1. The van der Waals surface area contributed by atoms with Gasteiger partial charge in [0, 0.05) is 0 Å². The van der Waals surface area contributed by atoms with Crippen molar-refractivity contribution >= 4 is 7.85 Å². The summed E-state index contributed by atoms with van der Waals surface area (Å²) >= 11 is 0. The molecule has 88 valence electrons. The molecule has 2 N–H and O–H groups in total. The Morgan fingerprint density at radius 3 is 1.53 bits per heavy atom. The average molecular weight is 209 g/mol. The monoisotopic (exact) mass is 209 g/mol. The maximum atomic E-state index is 6.15. The van der Waals surface area contributed by atoms with Crippen molar-refractivity contribution in [1.29, 1.82) is 0 Å². The molecule has 0 aliphatic heterocycles. The Morgan fingerprint density at radius 2 is 1.20 bits per heavy atom. The maximum absolute atomic E-state index is 6.15. The zero-order valence-corrected chi connectivity index (χ0v) is 10.7. The Hall–Kier alpha value is 0.0249. The SMILES string of the molecule is BC1(C(C)N)CCCCCCCCCC1. The minimum Gasteiger partial charge on any atom is -0.328 e. The molecule has 0 aromatic carbocycles. The summed E-state index contributed by atoms with van der Waals surface area (Å²) in [4.78, 5) is 0. The summed E-state index contributed by atoms with van der Waals surface area (Å²) in [6, 6.07) is 0.359. The van der Waals surface area contributed by atoms with Gasteiger partial charge in [-0.1, -0.05) is 71.1 Å². The summed E-state index contributed by atoms with van der Waals surface area (Å²) < 4.78 is 0. The summed E-state index contributed by atoms with van der Waals surface area (Å²) in [6.07, 6.45) is 14.1. The second kappa shape index (κ2) is 6.57. The minimum atomic E-state index is 0.359. The van der Waals surface area contributed by atoms with Gasteiger partial charge in [0.2, 0.25) is 0 Å². The molecule has 0 radical (unpaired) electrons. The third-order valence-corrected chi connectivity index (χ3v) is 4.35. The molecule has 0 aromatic rings. The zero-order chi connectivity index (χ0) is 11.1. The fourth-order valence-corrected chi connectivity index (χ4v) is 2.70. The van der Waals surface area contributed by atoms with Crippen LogP contribution in [0.1, 0.15) is 71.1 Å². The molecule has 0 saturated heterocycles. The largest absolute Gasteiger partial charge is 0.328 e. The highest BCUT2D eigenvalue weighted by atomic mass is 14.6. The molecule has 1 rings (SSSR count). The van der Waals surface area contributed by atoms with Crippen LogP contribution in [0.3, 0.4) is 0 Å². The maximum Gasteiger partial charge on any atom is 0.111 e. The van der Waals surface area contributed by atoms with Gasteiger partial charge in [0.05, 0.1) is 0 Å². The van der Waals surface area contributed by atoms with E-state index in [-0.39, 0.29) is 0 Å². The van der Waals surface area contributed by atoms with E-state index in [2.05, 4.69) is 14.8 Å². The molecule has 0 spiro atoms. The average Bonchev–Trinajstić information content (AvgIpc) is 2.24. The van der Waals surface area contributed by atoms with Crippen molar-refractivity contribution < 1.29 is 0 Å². The highest BCUT2D eigenvalue weighted by Crippen LogP contribution is 2.38. The summed E-state index contributed by atoms with van der Waals surface area (Å²) in [7, 11) is 2.40. The lowest BCUT2D eigenvalue weighted by molar-refractivity contribution is 0.383. The number of rotatable bonds is 1. The van der Waals surface area contributed by atoms with Crippen LogP contribution in [0.25, 0.3) is 0 Å². The molecule has 1 aliphatic carbocycles. The van der Waals surface area contributed by atoms with E-state index < -0.39 is 0 Å². The predicted octanol–water partition coefficient (Wildman–Crippen LogP) is 3.04. The Bertz CT molecular complexity index is 156.